The summed E-state index contributed by atoms with van der Waals surface area (Å²) in [4.78, 5) is 5.70. The Hall–Kier alpha value is -0.860. The van der Waals surface area contributed by atoms with Gasteiger partial charge in [-0.3, -0.25) is 0 Å². The molecule has 1 atom stereocenters. The van der Waals surface area contributed by atoms with Crippen molar-refractivity contribution in [3.63, 3.8) is 0 Å². The van der Waals surface area contributed by atoms with E-state index in [0.717, 1.165) is 25.1 Å². The van der Waals surface area contributed by atoms with Crippen molar-refractivity contribution in [3.05, 3.63) is 51.5 Å². The molecule has 0 saturated heterocycles. The highest BCUT2D eigenvalue weighted by molar-refractivity contribution is 7.09. The van der Waals surface area contributed by atoms with Crippen molar-refractivity contribution in [2.75, 3.05) is 5.88 Å². The number of aryl methyl sites for hydroxylation is 3. The van der Waals surface area contributed by atoms with Crippen LogP contribution in [0.3, 0.4) is 0 Å². The van der Waals surface area contributed by atoms with Crippen molar-refractivity contribution in [1.82, 2.24) is 4.98 Å². The summed E-state index contributed by atoms with van der Waals surface area (Å²) in [6, 6.07) is 8.78. The molecule has 2 aromatic rings. The SMILES string of the molecule is Cc1ccc(CC(CCl)CCc2scnc2C)cc1. The van der Waals surface area contributed by atoms with E-state index in [1.165, 1.54) is 21.7 Å². The topological polar surface area (TPSA) is 12.9 Å². The van der Waals surface area contributed by atoms with Gasteiger partial charge in [-0.25, -0.2) is 4.98 Å². The van der Waals surface area contributed by atoms with E-state index < -0.39 is 0 Å². The predicted molar refractivity (Wildman–Crippen MR) is 84.3 cm³/mol. The van der Waals surface area contributed by atoms with Gasteiger partial charge in [0.1, 0.15) is 0 Å². The molecule has 0 amide bonds. The summed E-state index contributed by atoms with van der Waals surface area (Å²) in [6.07, 6.45) is 3.31. The summed E-state index contributed by atoms with van der Waals surface area (Å²) >= 11 is 7.87. The summed E-state index contributed by atoms with van der Waals surface area (Å²) in [5, 5.41) is 0. The summed E-state index contributed by atoms with van der Waals surface area (Å²) in [5.74, 6) is 1.28. The first-order valence-electron chi connectivity index (χ1n) is 6.69. The Bertz CT molecular complexity index is 504. The van der Waals surface area contributed by atoms with Crippen LogP contribution in [0.15, 0.2) is 29.8 Å². The van der Waals surface area contributed by atoms with Crippen molar-refractivity contribution in [2.24, 2.45) is 5.92 Å². The fourth-order valence-corrected chi connectivity index (χ4v) is 3.25. The second-order valence-corrected chi connectivity index (χ2v) is 6.36. The molecule has 19 heavy (non-hydrogen) atoms. The number of rotatable bonds is 6. The minimum absolute atomic E-state index is 0.547. The van der Waals surface area contributed by atoms with Gasteiger partial charge < -0.3 is 0 Å². The Balaban J connectivity index is 1.90. The maximum Gasteiger partial charge on any atom is 0.0797 e. The maximum atomic E-state index is 6.12. The minimum atomic E-state index is 0.547. The first-order valence-corrected chi connectivity index (χ1v) is 8.11. The average Bonchev–Trinajstić information content (AvgIpc) is 2.82. The van der Waals surface area contributed by atoms with Crippen molar-refractivity contribution in [3.8, 4) is 0 Å². The molecule has 0 aliphatic heterocycles. The molecular weight excluding hydrogens is 274 g/mol. The van der Waals surface area contributed by atoms with Crippen molar-refractivity contribution < 1.29 is 0 Å². The summed E-state index contributed by atoms with van der Waals surface area (Å²) in [6.45, 7) is 4.21. The lowest BCUT2D eigenvalue weighted by molar-refractivity contribution is 0.538. The smallest absolute Gasteiger partial charge is 0.0797 e. The molecule has 1 heterocycles. The van der Waals surface area contributed by atoms with Crippen LogP contribution in [0.25, 0.3) is 0 Å². The third kappa shape index (κ3) is 4.32. The second kappa shape index (κ2) is 7.06. The molecule has 1 aromatic carbocycles. The normalized spacial score (nSPS) is 12.6. The van der Waals surface area contributed by atoms with E-state index >= 15 is 0 Å². The van der Waals surface area contributed by atoms with Gasteiger partial charge in [0.25, 0.3) is 0 Å². The van der Waals surface area contributed by atoms with E-state index in [9.17, 15) is 0 Å². The molecule has 0 spiro atoms. The first-order chi connectivity index (χ1) is 9.19. The number of aromatic nitrogens is 1. The van der Waals surface area contributed by atoms with Crippen LogP contribution in [-0.4, -0.2) is 10.9 Å². The van der Waals surface area contributed by atoms with Gasteiger partial charge in [-0.1, -0.05) is 29.8 Å². The quantitative estimate of drug-likeness (QED) is 0.698. The molecule has 1 aromatic heterocycles. The second-order valence-electron chi connectivity index (χ2n) is 5.11. The highest BCUT2D eigenvalue weighted by Gasteiger charge is 2.11. The predicted octanol–water partition coefficient (Wildman–Crippen LogP) is 4.79. The van der Waals surface area contributed by atoms with Gasteiger partial charge in [-0.05, 0) is 44.6 Å². The van der Waals surface area contributed by atoms with Gasteiger partial charge in [0.2, 0.25) is 0 Å². The minimum Gasteiger partial charge on any atom is -0.250 e. The molecule has 2 rings (SSSR count). The molecule has 0 aliphatic rings. The van der Waals surface area contributed by atoms with Crippen LogP contribution in [0.2, 0.25) is 0 Å². The number of halogens is 1. The Morgan fingerprint density at radius 3 is 2.53 bits per heavy atom. The molecule has 0 fully saturated rings. The number of hydrogen-bond acceptors (Lipinski definition) is 2. The van der Waals surface area contributed by atoms with Crippen LogP contribution in [0.1, 0.15) is 28.1 Å². The largest absolute Gasteiger partial charge is 0.250 e. The monoisotopic (exact) mass is 293 g/mol. The van der Waals surface area contributed by atoms with Crippen LogP contribution in [0.4, 0.5) is 0 Å². The van der Waals surface area contributed by atoms with Gasteiger partial charge in [0.15, 0.2) is 0 Å². The van der Waals surface area contributed by atoms with Gasteiger partial charge >= 0.3 is 0 Å². The van der Waals surface area contributed by atoms with E-state index in [4.69, 9.17) is 11.6 Å². The van der Waals surface area contributed by atoms with E-state index in [1.54, 1.807) is 11.3 Å². The molecule has 102 valence electrons. The molecular formula is C16H20ClNS. The fourth-order valence-electron chi connectivity index (χ4n) is 2.19. The van der Waals surface area contributed by atoms with Crippen LogP contribution in [0, 0.1) is 19.8 Å². The van der Waals surface area contributed by atoms with Crippen LogP contribution in [-0.2, 0) is 12.8 Å². The zero-order valence-electron chi connectivity index (χ0n) is 11.5. The Morgan fingerprint density at radius 2 is 1.95 bits per heavy atom. The van der Waals surface area contributed by atoms with Crippen LogP contribution < -0.4 is 0 Å². The number of nitrogens with zero attached hydrogens (tertiary/aromatic N) is 1. The van der Waals surface area contributed by atoms with Gasteiger partial charge in [0, 0.05) is 10.8 Å². The number of alkyl halides is 1. The maximum absolute atomic E-state index is 6.12. The number of benzene rings is 1. The fraction of sp³-hybridized carbons (Fsp3) is 0.438. The van der Waals surface area contributed by atoms with Crippen LogP contribution in [0.5, 0.6) is 0 Å². The van der Waals surface area contributed by atoms with Crippen LogP contribution >= 0.6 is 22.9 Å². The first kappa shape index (κ1) is 14.5. The zero-order valence-corrected chi connectivity index (χ0v) is 13.1. The molecule has 0 radical (unpaired) electrons. The molecule has 0 saturated carbocycles. The molecule has 0 N–H and O–H groups in total. The van der Waals surface area contributed by atoms with E-state index in [2.05, 4.69) is 43.1 Å². The highest BCUT2D eigenvalue weighted by Crippen LogP contribution is 2.21. The van der Waals surface area contributed by atoms with Crippen molar-refractivity contribution in [2.45, 2.75) is 33.1 Å². The molecule has 1 nitrogen and oxygen atoms in total. The Labute approximate surface area is 124 Å². The Morgan fingerprint density at radius 1 is 1.21 bits per heavy atom. The zero-order chi connectivity index (χ0) is 13.7. The standard InChI is InChI=1S/C16H20ClNS/c1-12-3-5-14(6-4-12)9-15(10-17)7-8-16-13(2)18-11-19-16/h3-6,11,15H,7-10H2,1-2H3. The van der Waals surface area contributed by atoms with E-state index in [-0.39, 0.29) is 0 Å². The lowest BCUT2D eigenvalue weighted by Crippen LogP contribution is -2.08. The van der Waals surface area contributed by atoms with E-state index in [1.807, 2.05) is 5.51 Å². The third-order valence-corrected chi connectivity index (χ3v) is 4.92. The number of hydrogen-bond donors (Lipinski definition) is 0. The lowest BCUT2D eigenvalue weighted by Gasteiger charge is -2.13. The summed E-state index contributed by atoms with van der Waals surface area (Å²) in [7, 11) is 0. The third-order valence-electron chi connectivity index (χ3n) is 3.49. The van der Waals surface area contributed by atoms with Crippen molar-refractivity contribution in [1.29, 1.82) is 0 Å². The Kier molecular flexibility index (Phi) is 5.41. The molecule has 0 aliphatic carbocycles. The van der Waals surface area contributed by atoms with E-state index in [0.29, 0.717) is 5.92 Å². The number of thiazole rings is 1. The van der Waals surface area contributed by atoms with Gasteiger partial charge in [0.05, 0.1) is 11.2 Å². The summed E-state index contributed by atoms with van der Waals surface area (Å²) in [5.41, 5.74) is 5.80. The molecule has 0 bridgehead atoms. The van der Waals surface area contributed by atoms with Crippen molar-refractivity contribution >= 4 is 22.9 Å². The molecule has 1 unspecified atom stereocenters. The summed E-state index contributed by atoms with van der Waals surface area (Å²) < 4.78 is 0. The average molecular weight is 294 g/mol. The molecule has 3 heteroatoms. The highest BCUT2D eigenvalue weighted by atomic mass is 35.5. The van der Waals surface area contributed by atoms with Gasteiger partial charge in [-0.2, -0.15) is 0 Å². The van der Waals surface area contributed by atoms with Gasteiger partial charge in [-0.15, -0.1) is 22.9 Å². The lowest BCUT2D eigenvalue weighted by atomic mass is 9.95.